The molecule has 0 fully saturated rings. The average Bonchev–Trinajstić information content (AvgIpc) is 2.79. The van der Waals surface area contributed by atoms with Crippen molar-refractivity contribution in [1.82, 2.24) is 14.5 Å². The number of nitrogens with two attached hydrogens (primary N) is 1. The van der Waals surface area contributed by atoms with Crippen LogP contribution < -0.4 is 5.73 Å². The molecule has 0 aliphatic carbocycles. The molecule has 0 spiro atoms. The molecule has 0 atom stereocenters. The van der Waals surface area contributed by atoms with E-state index in [1.54, 1.807) is 0 Å². The number of pyridine rings is 1. The highest BCUT2D eigenvalue weighted by atomic mass is 15.1. The molecular formula is C17H20N4. The summed E-state index contributed by atoms with van der Waals surface area (Å²) in [4.78, 5) is 9.34. The molecule has 0 amide bonds. The van der Waals surface area contributed by atoms with E-state index in [1.165, 1.54) is 5.56 Å². The van der Waals surface area contributed by atoms with E-state index in [2.05, 4.69) is 41.6 Å². The molecule has 0 saturated carbocycles. The first kappa shape index (κ1) is 13.6. The summed E-state index contributed by atoms with van der Waals surface area (Å²) in [5.74, 6) is 1.42. The number of anilines is 1. The fraction of sp³-hybridized carbons (Fsp3) is 0.294. The predicted molar refractivity (Wildman–Crippen MR) is 86.3 cm³/mol. The maximum absolute atomic E-state index is 5.75. The van der Waals surface area contributed by atoms with Crippen LogP contribution in [0.2, 0.25) is 0 Å². The summed E-state index contributed by atoms with van der Waals surface area (Å²) in [6.07, 6.45) is 1.90. The Kier molecular flexibility index (Phi) is 3.37. The van der Waals surface area contributed by atoms with Gasteiger partial charge in [0.25, 0.3) is 0 Å². The van der Waals surface area contributed by atoms with Gasteiger partial charge >= 0.3 is 0 Å². The fourth-order valence-corrected chi connectivity index (χ4v) is 2.53. The van der Waals surface area contributed by atoms with Crippen LogP contribution in [0.25, 0.3) is 11.2 Å². The molecule has 0 aliphatic rings. The Morgan fingerprint density at radius 3 is 2.57 bits per heavy atom. The van der Waals surface area contributed by atoms with Gasteiger partial charge in [0, 0.05) is 17.8 Å². The lowest BCUT2D eigenvalue weighted by Gasteiger charge is -2.11. The molecule has 0 bridgehead atoms. The SMILES string of the molecule is Cc1cnc2c(c1)nc(C(C)C)n2Cc1ccc(N)cc1. The van der Waals surface area contributed by atoms with Gasteiger partial charge < -0.3 is 10.3 Å². The maximum atomic E-state index is 5.75. The van der Waals surface area contributed by atoms with Crippen molar-refractivity contribution in [3.05, 3.63) is 53.5 Å². The van der Waals surface area contributed by atoms with Gasteiger partial charge in [0.1, 0.15) is 11.3 Å². The summed E-state index contributed by atoms with van der Waals surface area (Å²) in [6, 6.07) is 10.1. The maximum Gasteiger partial charge on any atom is 0.160 e. The molecule has 0 aliphatic heterocycles. The van der Waals surface area contributed by atoms with Crippen LogP contribution >= 0.6 is 0 Å². The van der Waals surface area contributed by atoms with Crippen molar-refractivity contribution >= 4 is 16.9 Å². The molecule has 2 heterocycles. The molecule has 4 nitrogen and oxygen atoms in total. The first-order valence-electron chi connectivity index (χ1n) is 7.22. The second-order valence-corrected chi connectivity index (χ2v) is 5.81. The van der Waals surface area contributed by atoms with E-state index in [1.807, 2.05) is 25.3 Å². The molecular weight excluding hydrogens is 260 g/mol. The minimum absolute atomic E-state index is 0.355. The molecule has 0 saturated heterocycles. The lowest BCUT2D eigenvalue weighted by molar-refractivity contribution is 0.679. The van der Waals surface area contributed by atoms with Crippen molar-refractivity contribution in [2.45, 2.75) is 33.2 Å². The van der Waals surface area contributed by atoms with E-state index in [4.69, 9.17) is 10.7 Å². The number of aryl methyl sites for hydroxylation is 1. The normalized spacial score (nSPS) is 11.4. The number of aromatic nitrogens is 3. The zero-order chi connectivity index (χ0) is 15.0. The van der Waals surface area contributed by atoms with Crippen LogP contribution in [0, 0.1) is 6.92 Å². The summed E-state index contributed by atoms with van der Waals surface area (Å²) in [5, 5.41) is 0. The summed E-state index contributed by atoms with van der Waals surface area (Å²) in [5.41, 5.74) is 10.8. The van der Waals surface area contributed by atoms with Crippen molar-refractivity contribution in [3.8, 4) is 0 Å². The van der Waals surface area contributed by atoms with Crippen LogP contribution in [0.4, 0.5) is 5.69 Å². The predicted octanol–water partition coefficient (Wildman–Crippen LogP) is 3.49. The number of imidazole rings is 1. The Balaban J connectivity index is 2.10. The van der Waals surface area contributed by atoms with Gasteiger partial charge in [0.15, 0.2) is 5.65 Å². The highest BCUT2D eigenvalue weighted by Gasteiger charge is 2.15. The number of rotatable bonds is 3. The monoisotopic (exact) mass is 280 g/mol. The zero-order valence-corrected chi connectivity index (χ0v) is 12.7. The van der Waals surface area contributed by atoms with Crippen LogP contribution in [-0.4, -0.2) is 14.5 Å². The third kappa shape index (κ3) is 2.61. The van der Waals surface area contributed by atoms with E-state index in [0.717, 1.165) is 34.8 Å². The molecule has 3 rings (SSSR count). The second-order valence-electron chi connectivity index (χ2n) is 5.81. The summed E-state index contributed by atoms with van der Waals surface area (Å²) < 4.78 is 2.20. The first-order valence-corrected chi connectivity index (χ1v) is 7.22. The Morgan fingerprint density at radius 2 is 1.90 bits per heavy atom. The first-order chi connectivity index (χ1) is 10.0. The number of nitrogens with zero attached hydrogens (tertiary/aromatic N) is 3. The topological polar surface area (TPSA) is 56.7 Å². The quantitative estimate of drug-likeness (QED) is 0.747. The van der Waals surface area contributed by atoms with Crippen molar-refractivity contribution in [3.63, 3.8) is 0 Å². The Morgan fingerprint density at radius 1 is 1.19 bits per heavy atom. The van der Waals surface area contributed by atoms with E-state index >= 15 is 0 Å². The van der Waals surface area contributed by atoms with Crippen molar-refractivity contribution in [2.24, 2.45) is 0 Å². The summed E-state index contributed by atoms with van der Waals surface area (Å²) >= 11 is 0. The smallest absolute Gasteiger partial charge is 0.160 e. The minimum atomic E-state index is 0.355. The lowest BCUT2D eigenvalue weighted by atomic mass is 10.2. The molecule has 1 aromatic carbocycles. The number of hydrogen-bond acceptors (Lipinski definition) is 3. The zero-order valence-electron chi connectivity index (χ0n) is 12.7. The third-order valence-corrected chi connectivity index (χ3v) is 3.59. The lowest BCUT2D eigenvalue weighted by Crippen LogP contribution is -2.07. The number of nitrogen functional groups attached to an aromatic ring is 1. The van der Waals surface area contributed by atoms with Gasteiger partial charge in [-0.25, -0.2) is 9.97 Å². The van der Waals surface area contributed by atoms with Gasteiger partial charge in [-0.15, -0.1) is 0 Å². The number of fused-ring (bicyclic) bond motifs is 1. The van der Waals surface area contributed by atoms with E-state index in [-0.39, 0.29) is 0 Å². The Labute approximate surface area is 124 Å². The Hall–Kier alpha value is -2.36. The third-order valence-electron chi connectivity index (χ3n) is 3.59. The molecule has 2 aromatic heterocycles. The molecule has 108 valence electrons. The van der Waals surface area contributed by atoms with E-state index < -0.39 is 0 Å². The fourth-order valence-electron chi connectivity index (χ4n) is 2.53. The molecule has 21 heavy (non-hydrogen) atoms. The van der Waals surface area contributed by atoms with Crippen molar-refractivity contribution in [2.75, 3.05) is 5.73 Å². The molecule has 0 unspecified atom stereocenters. The van der Waals surface area contributed by atoms with Crippen molar-refractivity contribution in [1.29, 1.82) is 0 Å². The molecule has 3 aromatic rings. The molecule has 2 N–H and O–H groups in total. The summed E-state index contributed by atoms with van der Waals surface area (Å²) in [6.45, 7) is 7.13. The highest BCUT2D eigenvalue weighted by molar-refractivity contribution is 5.72. The standard InChI is InChI=1S/C17H20N4/c1-11(2)16-20-15-8-12(3)9-19-17(15)21(16)10-13-4-6-14(18)7-5-13/h4-9,11H,10,18H2,1-3H3. The van der Waals surface area contributed by atoms with Gasteiger partial charge in [-0.1, -0.05) is 26.0 Å². The van der Waals surface area contributed by atoms with Gasteiger partial charge in [0.2, 0.25) is 0 Å². The van der Waals surface area contributed by atoms with Crippen LogP contribution in [0.1, 0.15) is 36.7 Å². The van der Waals surface area contributed by atoms with Crippen molar-refractivity contribution < 1.29 is 0 Å². The van der Waals surface area contributed by atoms with Gasteiger partial charge in [-0.05, 0) is 36.2 Å². The van der Waals surface area contributed by atoms with Gasteiger partial charge in [0.05, 0.1) is 6.54 Å². The number of hydrogen-bond donors (Lipinski definition) is 1. The summed E-state index contributed by atoms with van der Waals surface area (Å²) in [7, 11) is 0. The van der Waals surface area contributed by atoms with E-state index in [0.29, 0.717) is 5.92 Å². The van der Waals surface area contributed by atoms with Crippen LogP contribution in [0.15, 0.2) is 36.5 Å². The largest absolute Gasteiger partial charge is 0.399 e. The second kappa shape index (κ2) is 5.20. The highest BCUT2D eigenvalue weighted by Crippen LogP contribution is 2.22. The minimum Gasteiger partial charge on any atom is -0.399 e. The molecule has 4 heteroatoms. The number of benzene rings is 1. The van der Waals surface area contributed by atoms with Gasteiger partial charge in [-0.2, -0.15) is 0 Å². The van der Waals surface area contributed by atoms with Crippen LogP contribution in [0.5, 0.6) is 0 Å². The Bertz CT molecular complexity index is 769. The van der Waals surface area contributed by atoms with Gasteiger partial charge in [-0.3, -0.25) is 0 Å². The van der Waals surface area contributed by atoms with Crippen LogP contribution in [-0.2, 0) is 6.54 Å². The molecule has 0 radical (unpaired) electrons. The van der Waals surface area contributed by atoms with E-state index in [9.17, 15) is 0 Å². The van der Waals surface area contributed by atoms with Crippen LogP contribution in [0.3, 0.4) is 0 Å². The average molecular weight is 280 g/mol.